The number of benzene rings is 4. The van der Waals surface area contributed by atoms with E-state index in [1.807, 2.05) is 42.5 Å². The number of nitrogens with one attached hydrogen (secondary N) is 1. The minimum absolute atomic E-state index is 0.163. The topological polar surface area (TPSA) is 79.0 Å². The molecule has 0 atom stereocenters. The Bertz CT molecular complexity index is 1750. The summed E-state index contributed by atoms with van der Waals surface area (Å²) in [6, 6.07) is 22.7. The average Bonchev–Trinajstić information content (AvgIpc) is 2.98. The predicted molar refractivity (Wildman–Crippen MR) is 176 cm³/mol. The summed E-state index contributed by atoms with van der Waals surface area (Å²) in [6.45, 7) is 0.480. The Hall–Kier alpha value is -3.14. The number of urea groups is 1. The standard InChI is InChI=1S/C31H27Cl4N3O4S/c1-42-22-12-10-20(11-13-22)18-37-19-25-24(23-6-2-3-7-26(23)33)16-21(36-43(40,41)15-5-14-32)17-29(25)38(31(37)39)30-27(34)8-4-9-28(30)35/h2-4,6-13,16-17,36H,5,14-15,18-19H2,1H3. The number of methoxy groups -OCH3 is 1. The average molecular weight is 679 g/mol. The third kappa shape index (κ3) is 6.84. The number of hydrogen-bond donors (Lipinski definition) is 1. The second kappa shape index (κ2) is 13.2. The summed E-state index contributed by atoms with van der Waals surface area (Å²) in [7, 11) is -2.15. The summed E-state index contributed by atoms with van der Waals surface area (Å²) in [4.78, 5) is 17.4. The van der Waals surface area contributed by atoms with Crippen molar-refractivity contribution in [3.05, 3.63) is 105 Å². The third-order valence-electron chi connectivity index (χ3n) is 6.96. The number of carbonyl (C=O) groups excluding carboxylic acids is 1. The first kappa shape index (κ1) is 31.3. The molecule has 0 saturated carbocycles. The Balaban J connectivity index is 1.72. The summed E-state index contributed by atoms with van der Waals surface area (Å²) in [5.74, 6) is 0.738. The molecule has 0 bridgehead atoms. The fourth-order valence-electron chi connectivity index (χ4n) is 4.97. The van der Waals surface area contributed by atoms with Crippen molar-refractivity contribution in [2.24, 2.45) is 0 Å². The van der Waals surface area contributed by atoms with Gasteiger partial charge in [0, 0.05) is 28.6 Å². The van der Waals surface area contributed by atoms with Crippen molar-refractivity contribution in [2.45, 2.75) is 19.5 Å². The Morgan fingerprint density at radius 3 is 2.21 bits per heavy atom. The molecule has 0 unspecified atom stereocenters. The van der Waals surface area contributed by atoms with E-state index in [0.717, 1.165) is 11.1 Å². The lowest BCUT2D eigenvalue weighted by atomic mass is 9.94. The molecule has 5 rings (SSSR count). The zero-order valence-corrected chi connectivity index (χ0v) is 26.8. The predicted octanol–water partition coefficient (Wildman–Crippen LogP) is 8.97. The molecule has 1 heterocycles. The number of ether oxygens (including phenoxy) is 1. The van der Waals surface area contributed by atoms with E-state index in [0.29, 0.717) is 27.6 Å². The van der Waals surface area contributed by atoms with Gasteiger partial charge in [-0.3, -0.25) is 9.62 Å². The monoisotopic (exact) mass is 677 g/mol. The van der Waals surface area contributed by atoms with Gasteiger partial charge in [0.2, 0.25) is 10.0 Å². The van der Waals surface area contributed by atoms with Gasteiger partial charge in [0.15, 0.2) is 0 Å². The number of nitrogens with zero attached hydrogens (tertiary/aromatic N) is 2. The molecule has 7 nitrogen and oxygen atoms in total. The number of para-hydroxylation sites is 1. The molecule has 0 spiro atoms. The highest BCUT2D eigenvalue weighted by molar-refractivity contribution is 7.92. The van der Waals surface area contributed by atoms with E-state index < -0.39 is 10.0 Å². The number of alkyl halides is 1. The summed E-state index contributed by atoms with van der Waals surface area (Å²) >= 11 is 25.8. The van der Waals surface area contributed by atoms with Gasteiger partial charge in [0.25, 0.3) is 0 Å². The molecule has 1 aliphatic heterocycles. The van der Waals surface area contributed by atoms with Crippen molar-refractivity contribution in [2.75, 3.05) is 28.4 Å². The number of amides is 2. The van der Waals surface area contributed by atoms with Crippen LogP contribution in [-0.4, -0.2) is 38.1 Å². The maximum Gasteiger partial charge on any atom is 0.329 e. The molecule has 1 aliphatic rings. The van der Waals surface area contributed by atoms with Gasteiger partial charge >= 0.3 is 6.03 Å². The fraction of sp³-hybridized carbons (Fsp3) is 0.194. The SMILES string of the molecule is COc1ccc(CN2Cc3c(-c4ccccc4Cl)cc(NS(=O)(=O)CCCCl)cc3N(c3c(Cl)cccc3Cl)C2=O)cc1. The van der Waals surface area contributed by atoms with Crippen LogP contribution >= 0.6 is 46.4 Å². The summed E-state index contributed by atoms with van der Waals surface area (Å²) < 4.78 is 33.8. The number of rotatable bonds is 10. The highest BCUT2D eigenvalue weighted by Crippen LogP contribution is 2.47. The van der Waals surface area contributed by atoms with Crippen LogP contribution in [0.5, 0.6) is 5.75 Å². The molecule has 4 aromatic rings. The van der Waals surface area contributed by atoms with Gasteiger partial charge in [-0.15, -0.1) is 11.6 Å². The van der Waals surface area contributed by atoms with E-state index >= 15 is 0 Å². The minimum atomic E-state index is -3.75. The second-order valence-corrected chi connectivity index (χ2v) is 13.3. The van der Waals surface area contributed by atoms with E-state index in [-0.39, 0.29) is 58.6 Å². The Morgan fingerprint density at radius 2 is 1.56 bits per heavy atom. The van der Waals surface area contributed by atoms with E-state index in [1.165, 1.54) is 4.90 Å². The van der Waals surface area contributed by atoms with Crippen LogP contribution in [0.25, 0.3) is 11.1 Å². The zero-order valence-electron chi connectivity index (χ0n) is 23.0. The number of sulfonamides is 1. The van der Waals surface area contributed by atoms with E-state index in [1.54, 1.807) is 48.4 Å². The summed E-state index contributed by atoms with van der Waals surface area (Å²) in [5, 5.41) is 0.976. The van der Waals surface area contributed by atoms with Crippen molar-refractivity contribution in [3.8, 4) is 16.9 Å². The molecule has 0 radical (unpaired) electrons. The van der Waals surface area contributed by atoms with Gasteiger partial charge in [-0.25, -0.2) is 13.2 Å². The van der Waals surface area contributed by atoms with Crippen LogP contribution in [0.2, 0.25) is 15.1 Å². The first-order chi connectivity index (χ1) is 20.6. The van der Waals surface area contributed by atoms with E-state index in [9.17, 15) is 13.2 Å². The molecule has 224 valence electrons. The van der Waals surface area contributed by atoms with Crippen molar-refractivity contribution in [1.82, 2.24) is 4.90 Å². The molecule has 0 aromatic heterocycles. The Kier molecular flexibility index (Phi) is 9.63. The molecule has 0 saturated heterocycles. The van der Waals surface area contributed by atoms with Crippen LogP contribution in [0.1, 0.15) is 17.5 Å². The van der Waals surface area contributed by atoms with Crippen LogP contribution in [0.15, 0.2) is 78.9 Å². The summed E-state index contributed by atoms with van der Waals surface area (Å²) in [5.41, 5.74) is 3.91. The van der Waals surface area contributed by atoms with Crippen molar-refractivity contribution in [3.63, 3.8) is 0 Å². The molecule has 43 heavy (non-hydrogen) atoms. The fourth-order valence-corrected chi connectivity index (χ4v) is 7.17. The van der Waals surface area contributed by atoms with Crippen molar-refractivity contribution < 1.29 is 17.9 Å². The number of anilines is 3. The van der Waals surface area contributed by atoms with Gasteiger partial charge < -0.3 is 9.64 Å². The molecular weight excluding hydrogens is 652 g/mol. The highest BCUT2D eigenvalue weighted by Gasteiger charge is 2.36. The van der Waals surface area contributed by atoms with Crippen LogP contribution in [0.3, 0.4) is 0 Å². The van der Waals surface area contributed by atoms with Gasteiger partial charge in [-0.05, 0) is 60.0 Å². The maximum atomic E-state index is 14.3. The highest BCUT2D eigenvalue weighted by atomic mass is 35.5. The largest absolute Gasteiger partial charge is 0.497 e. The first-order valence-electron chi connectivity index (χ1n) is 13.3. The minimum Gasteiger partial charge on any atom is -0.497 e. The quantitative estimate of drug-likeness (QED) is 0.170. The molecule has 4 aromatic carbocycles. The number of halogens is 4. The normalized spacial score (nSPS) is 13.2. The van der Waals surface area contributed by atoms with E-state index in [2.05, 4.69) is 4.72 Å². The van der Waals surface area contributed by atoms with Gasteiger partial charge in [0.1, 0.15) is 5.75 Å². The number of fused-ring (bicyclic) bond motifs is 1. The molecule has 1 N–H and O–H groups in total. The Labute approximate surface area is 270 Å². The smallest absolute Gasteiger partial charge is 0.329 e. The lowest BCUT2D eigenvalue weighted by molar-refractivity contribution is 0.198. The molecule has 0 fully saturated rings. The van der Waals surface area contributed by atoms with Crippen LogP contribution < -0.4 is 14.4 Å². The van der Waals surface area contributed by atoms with Gasteiger partial charge in [-0.2, -0.15) is 0 Å². The molecule has 12 heteroatoms. The lowest BCUT2D eigenvalue weighted by Crippen LogP contribution is -2.44. The first-order valence-corrected chi connectivity index (χ1v) is 16.6. The second-order valence-electron chi connectivity index (χ2n) is 9.86. The van der Waals surface area contributed by atoms with Crippen LogP contribution in [0.4, 0.5) is 21.9 Å². The third-order valence-corrected chi connectivity index (χ3v) is 9.54. The maximum absolute atomic E-state index is 14.3. The summed E-state index contributed by atoms with van der Waals surface area (Å²) in [6.07, 6.45) is 0.277. The Morgan fingerprint density at radius 1 is 0.884 bits per heavy atom. The number of carbonyl (C=O) groups is 1. The zero-order chi connectivity index (χ0) is 30.7. The lowest BCUT2D eigenvalue weighted by Gasteiger charge is -2.39. The van der Waals surface area contributed by atoms with Crippen molar-refractivity contribution >= 4 is 79.5 Å². The van der Waals surface area contributed by atoms with Gasteiger partial charge in [-0.1, -0.05) is 71.2 Å². The van der Waals surface area contributed by atoms with Gasteiger partial charge in [0.05, 0.1) is 46.5 Å². The molecular formula is C31H27Cl4N3O4S. The van der Waals surface area contributed by atoms with Crippen molar-refractivity contribution in [1.29, 1.82) is 0 Å². The van der Waals surface area contributed by atoms with Crippen LogP contribution in [-0.2, 0) is 23.1 Å². The molecule has 0 aliphatic carbocycles. The molecule has 2 amide bonds. The number of hydrogen-bond acceptors (Lipinski definition) is 4. The van der Waals surface area contributed by atoms with E-state index in [4.69, 9.17) is 51.1 Å². The van der Waals surface area contributed by atoms with Crippen LogP contribution in [0, 0.1) is 0 Å².